The number of thioether (sulfide) groups is 1. The van der Waals surface area contributed by atoms with Crippen LogP contribution in [0.15, 0.2) is 4.99 Å². The molecule has 0 amide bonds. The van der Waals surface area contributed by atoms with Gasteiger partial charge in [0.2, 0.25) is 0 Å². The third-order valence-corrected chi connectivity index (χ3v) is 6.04. The van der Waals surface area contributed by atoms with Gasteiger partial charge < -0.3 is 10.1 Å². The molecule has 1 saturated heterocycles. The zero-order chi connectivity index (χ0) is 13.3. The minimum absolute atomic E-state index is 0.374. The van der Waals surface area contributed by atoms with Crippen LogP contribution in [0.5, 0.6) is 0 Å². The van der Waals surface area contributed by atoms with Gasteiger partial charge in [-0.25, -0.2) is 0 Å². The molecule has 3 aliphatic rings. The van der Waals surface area contributed by atoms with Gasteiger partial charge in [-0.15, -0.1) is 0 Å². The van der Waals surface area contributed by atoms with Crippen LogP contribution in [0.2, 0.25) is 0 Å². The highest BCUT2D eigenvalue weighted by molar-refractivity contribution is 8.14. The zero-order valence-electron chi connectivity index (χ0n) is 12.2. The monoisotopic (exact) mass is 282 g/mol. The smallest absolute Gasteiger partial charge is 0.157 e. The van der Waals surface area contributed by atoms with Gasteiger partial charge in [-0.05, 0) is 51.4 Å². The summed E-state index contributed by atoms with van der Waals surface area (Å²) in [6.07, 6.45) is 8.09. The zero-order valence-corrected chi connectivity index (χ0v) is 13.0. The minimum Gasteiger partial charge on any atom is -0.378 e. The molecule has 0 aromatic carbocycles. The Bertz CT molecular complexity index is 344. The lowest BCUT2D eigenvalue weighted by Gasteiger charge is -2.36. The molecule has 0 aromatic rings. The van der Waals surface area contributed by atoms with E-state index in [-0.39, 0.29) is 0 Å². The normalized spacial score (nSPS) is 44.3. The van der Waals surface area contributed by atoms with Crippen LogP contribution in [0, 0.1) is 5.92 Å². The summed E-state index contributed by atoms with van der Waals surface area (Å²) in [5.74, 6) is 2.14. The molecule has 3 rings (SSSR count). The summed E-state index contributed by atoms with van der Waals surface area (Å²) in [6.45, 7) is 5.29. The van der Waals surface area contributed by atoms with Crippen LogP contribution in [0.3, 0.4) is 0 Å². The molecular weight excluding hydrogens is 256 g/mol. The highest BCUT2D eigenvalue weighted by Gasteiger charge is 2.40. The Morgan fingerprint density at radius 3 is 2.79 bits per heavy atom. The topological polar surface area (TPSA) is 33.6 Å². The molecule has 4 heteroatoms. The van der Waals surface area contributed by atoms with Gasteiger partial charge in [-0.3, -0.25) is 4.99 Å². The van der Waals surface area contributed by atoms with Crippen molar-refractivity contribution in [2.75, 3.05) is 12.4 Å². The number of nitrogens with one attached hydrogen (secondary N) is 1. The molecule has 1 N–H and O–H groups in total. The van der Waals surface area contributed by atoms with Gasteiger partial charge in [0.15, 0.2) is 5.17 Å². The van der Waals surface area contributed by atoms with E-state index < -0.39 is 0 Å². The standard InChI is InChI=1S/C15H26N2OS/c1-3-18-13-8-12(9-13)16-14-17-15(10-19-14)6-4-11(2)5-7-15/h11-13H,3-10H2,1-2H3,(H,16,17). The quantitative estimate of drug-likeness (QED) is 0.863. The average Bonchev–Trinajstić information content (AvgIpc) is 2.75. The lowest BCUT2D eigenvalue weighted by molar-refractivity contribution is -0.000701. The highest BCUT2D eigenvalue weighted by Crippen LogP contribution is 2.39. The van der Waals surface area contributed by atoms with Crippen molar-refractivity contribution < 1.29 is 4.74 Å². The van der Waals surface area contributed by atoms with Crippen LogP contribution >= 0.6 is 11.8 Å². The number of amidine groups is 1. The number of nitrogens with zero attached hydrogens (tertiary/aromatic N) is 1. The first-order chi connectivity index (χ1) is 9.19. The fraction of sp³-hybridized carbons (Fsp3) is 0.933. The fourth-order valence-electron chi connectivity index (χ4n) is 3.34. The van der Waals surface area contributed by atoms with Crippen molar-refractivity contribution >= 4 is 16.9 Å². The molecule has 0 atom stereocenters. The van der Waals surface area contributed by atoms with Crippen molar-refractivity contribution in [3.63, 3.8) is 0 Å². The van der Waals surface area contributed by atoms with Gasteiger partial charge >= 0.3 is 0 Å². The van der Waals surface area contributed by atoms with Gasteiger partial charge in [-0.1, -0.05) is 18.7 Å². The van der Waals surface area contributed by atoms with Crippen LogP contribution in [-0.2, 0) is 4.74 Å². The first-order valence-electron chi connectivity index (χ1n) is 7.79. The second kappa shape index (κ2) is 5.65. The molecule has 0 bridgehead atoms. The van der Waals surface area contributed by atoms with E-state index in [2.05, 4.69) is 19.2 Å². The molecule has 19 heavy (non-hydrogen) atoms. The molecule has 1 heterocycles. The van der Waals surface area contributed by atoms with Gasteiger partial charge in [0.25, 0.3) is 0 Å². The van der Waals surface area contributed by atoms with E-state index in [9.17, 15) is 0 Å². The summed E-state index contributed by atoms with van der Waals surface area (Å²) in [5.41, 5.74) is 0.374. The highest BCUT2D eigenvalue weighted by atomic mass is 32.2. The Labute approximate surface area is 121 Å². The van der Waals surface area contributed by atoms with Crippen LogP contribution in [0.1, 0.15) is 52.4 Å². The minimum atomic E-state index is 0.374. The predicted molar refractivity (Wildman–Crippen MR) is 81.8 cm³/mol. The molecule has 3 fully saturated rings. The Morgan fingerprint density at radius 2 is 2.11 bits per heavy atom. The van der Waals surface area contributed by atoms with Crippen molar-refractivity contribution in [1.29, 1.82) is 0 Å². The van der Waals surface area contributed by atoms with E-state index in [1.165, 1.54) is 36.6 Å². The first kappa shape index (κ1) is 13.7. The van der Waals surface area contributed by atoms with E-state index >= 15 is 0 Å². The SMILES string of the molecule is CCOC1CC(N=C2NC3(CCC(C)CC3)CS2)C1. The number of hydrogen-bond donors (Lipinski definition) is 1. The van der Waals surface area contributed by atoms with E-state index in [1.807, 2.05) is 11.8 Å². The Morgan fingerprint density at radius 1 is 1.37 bits per heavy atom. The van der Waals surface area contributed by atoms with Crippen LogP contribution in [0.25, 0.3) is 0 Å². The lowest BCUT2D eigenvalue weighted by Crippen LogP contribution is -2.46. The summed E-state index contributed by atoms with van der Waals surface area (Å²) in [4.78, 5) is 4.87. The van der Waals surface area contributed by atoms with E-state index in [0.717, 1.165) is 25.4 Å². The number of hydrogen-bond acceptors (Lipinski definition) is 3. The van der Waals surface area contributed by atoms with Crippen molar-refractivity contribution in [3.05, 3.63) is 0 Å². The number of rotatable bonds is 3. The van der Waals surface area contributed by atoms with Crippen LogP contribution < -0.4 is 5.32 Å². The van der Waals surface area contributed by atoms with Gasteiger partial charge in [0.1, 0.15) is 0 Å². The van der Waals surface area contributed by atoms with Crippen molar-refractivity contribution in [2.24, 2.45) is 10.9 Å². The first-order valence-corrected chi connectivity index (χ1v) is 8.78. The Balaban J connectivity index is 1.49. The van der Waals surface area contributed by atoms with Gasteiger partial charge in [-0.2, -0.15) is 0 Å². The summed E-state index contributed by atoms with van der Waals surface area (Å²) in [7, 11) is 0. The van der Waals surface area contributed by atoms with Crippen molar-refractivity contribution in [3.8, 4) is 0 Å². The predicted octanol–water partition coefficient (Wildman–Crippen LogP) is 3.20. The number of ether oxygens (including phenoxy) is 1. The summed E-state index contributed by atoms with van der Waals surface area (Å²) < 4.78 is 5.60. The summed E-state index contributed by atoms with van der Waals surface area (Å²) in [5, 5.41) is 4.95. The summed E-state index contributed by atoms with van der Waals surface area (Å²) >= 11 is 1.94. The average molecular weight is 282 g/mol. The molecule has 2 aliphatic carbocycles. The van der Waals surface area contributed by atoms with Crippen LogP contribution in [-0.4, -0.2) is 35.2 Å². The third-order valence-electron chi connectivity index (χ3n) is 4.86. The second-order valence-corrected chi connectivity index (χ2v) is 7.48. The Kier molecular flexibility index (Phi) is 4.08. The molecule has 1 spiro atoms. The largest absolute Gasteiger partial charge is 0.378 e. The van der Waals surface area contributed by atoms with Gasteiger partial charge in [0.05, 0.1) is 12.1 Å². The number of aliphatic imine (C=N–C) groups is 1. The third kappa shape index (κ3) is 3.10. The molecule has 2 saturated carbocycles. The van der Waals surface area contributed by atoms with Crippen LogP contribution in [0.4, 0.5) is 0 Å². The van der Waals surface area contributed by atoms with Gasteiger partial charge in [0, 0.05) is 17.9 Å². The van der Waals surface area contributed by atoms with E-state index in [0.29, 0.717) is 17.7 Å². The maximum atomic E-state index is 5.60. The Hall–Kier alpha value is -0.220. The van der Waals surface area contributed by atoms with E-state index in [4.69, 9.17) is 9.73 Å². The van der Waals surface area contributed by atoms with Crippen molar-refractivity contribution in [2.45, 2.75) is 70.1 Å². The maximum absolute atomic E-state index is 5.60. The van der Waals surface area contributed by atoms with E-state index in [1.54, 1.807) is 0 Å². The lowest BCUT2D eigenvalue weighted by atomic mass is 9.78. The molecule has 108 valence electrons. The molecule has 3 nitrogen and oxygen atoms in total. The maximum Gasteiger partial charge on any atom is 0.157 e. The molecule has 0 unspecified atom stereocenters. The molecule has 0 aromatic heterocycles. The molecule has 1 aliphatic heterocycles. The second-order valence-electron chi connectivity index (χ2n) is 6.51. The van der Waals surface area contributed by atoms with Crippen molar-refractivity contribution in [1.82, 2.24) is 5.32 Å². The molecular formula is C15H26N2OS. The molecule has 0 radical (unpaired) electrons. The fourth-order valence-corrected chi connectivity index (χ4v) is 4.63. The summed E-state index contributed by atoms with van der Waals surface area (Å²) in [6, 6.07) is 0.504.